The van der Waals surface area contributed by atoms with Crippen LogP contribution < -0.4 is 4.90 Å². The van der Waals surface area contributed by atoms with Crippen LogP contribution in [0.4, 0.5) is 5.69 Å². The molecular weight excluding hydrogens is 244 g/mol. The predicted octanol–water partition coefficient (Wildman–Crippen LogP) is 2.05. The maximum absolute atomic E-state index is 12.3. The van der Waals surface area contributed by atoms with Gasteiger partial charge in [0.15, 0.2) is 0 Å². The van der Waals surface area contributed by atoms with E-state index in [0.717, 1.165) is 5.56 Å². The molecule has 1 aromatic heterocycles. The Morgan fingerprint density at radius 3 is 2.42 bits per heavy atom. The van der Waals surface area contributed by atoms with E-state index in [9.17, 15) is 9.59 Å². The molecule has 0 saturated carbocycles. The van der Waals surface area contributed by atoms with Crippen molar-refractivity contribution < 1.29 is 14.7 Å². The fourth-order valence-corrected chi connectivity index (χ4v) is 1.75. The number of anilines is 1. The molecule has 2 rings (SSSR count). The van der Waals surface area contributed by atoms with Crippen LogP contribution in [0.1, 0.15) is 16.1 Å². The minimum absolute atomic E-state index is 0.363. The molecule has 0 aliphatic rings. The first-order chi connectivity index (χ1) is 9.08. The smallest absolute Gasteiger partial charge is 0.323 e. The van der Waals surface area contributed by atoms with Gasteiger partial charge in [0.05, 0.1) is 0 Å². The van der Waals surface area contributed by atoms with Gasteiger partial charge in [-0.05, 0) is 31.2 Å². The van der Waals surface area contributed by atoms with Gasteiger partial charge >= 0.3 is 5.97 Å². The number of aromatic amines is 1. The molecule has 5 heteroatoms. The normalized spacial score (nSPS) is 10.2. The van der Waals surface area contributed by atoms with Gasteiger partial charge in [0, 0.05) is 11.9 Å². The van der Waals surface area contributed by atoms with Crippen molar-refractivity contribution in [3.05, 3.63) is 53.9 Å². The number of carbonyl (C=O) groups excluding carboxylic acids is 1. The van der Waals surface area contributed by atoms with Gasteiger partial charge in [-0.3, -0.25) is 14.5 Å². The van der Waals surface area contributed by atoms with Crippen molar-refractivity contribution >= 4 is 17.6 Å². The molecule has 0 fully saturated rings. The maximum Gasteiger partial charge on any atom is 0.323 e. The number of aliphatic carboxylic acids is 1. The van der Waals surface area contributed by atoms with Crippen molar-refractivity contribution in [1.29, 1.82) is 0 Å². The number of amides is 1. The first-order valence-corrected chi connectivity index (χ1v) is 5.81. The highest BCUT2D eigenvalue weighted by Crippen LogP contribution is 2.17. The Hall–Kier alpha value is -2.56. The molecule has 5 nitrogen and oxygen atoms in total. The zero-order valence-corrected chi connectivity index (χ0v) is 10.5. The van der Waals surface area contributed by atoms with E-state index in [4.69, 9.17) is 5.11 Å². The third kappa shape index (κ3) is 3.01. The van der Waals surface area contributed by atoms with Crippen molar-refractivity contribution in [2.75, 3.05) is 11.4 Å². The van der Waals surface area contributed by atoms with E-state index in [1.807, 2.05) is 19.1 Å². The van der Waals surface area contributed by atoms with E-state index in [2.05, 4.69) is 4.98 Å². The Kier molecular flexibility index (Phi) is 3.66. The second-order valence-corrected chi connectivity index (χ2v) is 4.20. The van der Waals surface area contributed by atoms with E-state index < -0.39 is 5.97 Å². The fourth-order valence-electron chi connectivity index (χ4n) is 1.75. The molecule has 0 aliphatic carbocycles. The number of benzene rings is 1. The molecule has 0 spiro atoms. The summed E-state index contributed by atoms with van der Waals surface area (Å²) in [6.45, 7) is 1.55. The summed E-state index contributed by atoms with van der Waals surface area (Å²) in [5.74, 6) is -1.42. The van der Waals surface area contributed by atoms with Gasteiger partial charge in [0.2, 0.25) is 0 Å². The molecule has 1 amide bonds. The molecule has 0 unspecified atom stereocenters. The fraction of sp³-hybridized carbons (Fsp3) is 0.143. The Morgan fingerprint density at radius 1 is 1.21 bits per heavy atom. The summed E-state index contributed by atoms with van der Waals surface area (Å²) in [7, 11) is 0. The number of rotatable bonds is 4. The molecule has 0 bridgehead atoms. The van der Waals surface area contributed by atoms with Crippen molar-refractivity contribution in [1.82, 2.24) is 4.98 Å². The van der Waals surface area contributed by atoms with Crippen LogP contribution in [0.3, 0.4) is 0 Å². The molecule has 1 aromatic carbocycles. The third-order valence-electron chi connectivity index (χ3n) is 2.71. The van der Waals surface area contributed by atoms with Gasteiger partial charge in [0.1, 0.15) is 12.2 Å². The summed E-state index contributed by atoms with van der Waals surface area (Å²) in [6.07, 6.45) is 1.63. The number of hydrogen-bond donors (Lipinski definition) is 2. The summed E-state index contributed by atoms with van der Waals surface area (Å²) >= 11 is 0. The highest BCUT2D eigenvalue weighted by Gasteiger charge is 2.20. The highest BCUT2D eigenvalue weighted by molar-refractivity contribution is 6.07. The summed E-state index contributed by atoms with van der Waals surface area (Å²) in [5, 5.41) is 8.94. The van der Waals surface area contributed by atoms with Crippen molar-refractivity contribution in [3.8, 4) is 0 Å². The van der Waals surface area contributed by atoms with Crippen LogP contribution in [0.5, 0.6) is 0 Å². The van der Waals surface area contributed by atoms with Gasteiger partial charge in [-0.15, -0.1) is 0 Å². The monoisotopic (exact) mass is 258 g/mol. The lowest BCUT2D eigenvalue weighted by Crippen LogP contribution is -2.35. The minimum Gasteiger partial charge on any atom is -0.480 e. The lowest BCUT2D eigenvalue weighted by atomic mass is 10.2. The molecule has 0 aliphatic heterocycles. The van der Waals surface area contributed by atoms with Gasteiger partial charge in [-0.1, -0.05) is 17.7 Å². The molecule has 2 N–H and O–H groups in total. The van der Waals surface area contributed by atoms with E-state index in [0.29, 0.717) is 11.4 Å². The first-order valence-electron chi connectivity index (χ1n) is 5.81. The minimum atomic E-state index is -1.06. The van der Waals surface area contributed by atoms with E-state index in [1.165, 1.54) is 4.90 Å². The first kappa shape index (κ1) is 12.9. The Balaban J connectivity index is 2.33. The number of carboxylic acids is 1. The number of aryl methyl sites for hydroxylation is 1. The molecular formula is C14H14N2O3. The van der Waals surface area contributed by atoms with E-state index in [1.54, 1.807) is 30.5 Å². The molecule has 98 valence electrons. The summed E-state index contributed by atoms with van der Waals surface area (Å²) in [5.41, 5.74) is 1.97. The van der Waals surface area contributed by atoms with Gasteiger partial charge in [-0.25, -0.2) is 0 Å². The number of aromatic nitrogens is 1. The number of nitrogens with zero attached hydrogens (tertiary/aromatic N) is 1. The lowest BCUT2D eigenvalue weighted by molar-refractivity contribution is -0.135. The SMILES string of the molecule is Cc1ccc(N(CC(=O)O)C(=O)c2ccc[nH]2)cc1. The van der Waals surface area contributed by atoms with Crippen LogP contribution in [-0.2, 0) is 4.79 Å². The Morgan fingerprint density at radius 2 is 1.89 bits per heavy atom. The third-order valence-corrected chi connectivity index (χ3v) is 2.71. The second kappa shape index (κ2) is 5.39. The zero-order valence-electron chi connectivity index (χ0n) is 10.5. The largest absolute Gasteiger partial charge is 0.480 e. The standard InChI is InChI=1S/C14H14N2O3/c1-10-4-6-11(7-5-10)16(9-13(17)18)14(19)12-3-2-8-15-12/h2-8,15H,9H2,1H3,(H,17,18). The predicted molar refractivity (Wildman–Crippen MR) is 71.3 cm³/mol. The zero-order chi connectivity index (χ0) is 13.8. The molecule has 0 atom stereocenters. The van der Waals surface area contributed by atoms with Crippen molar-refractivity contribution in [2.24, 2.45) is 0 Å². The summed E-state index contributed by atoms with van der Waals surface area (Å²) in [4.78, 5) is 27.2. The molecule has 1 heterocycles. The molecule has 0 saturated heterocycles. The van der Waals surface area contributed by atoms with E-state index >= 15 is 0 Å². The quantitative estimate of drug-likeness (QED) is 0.881. The van der Waals surface area contributed by atoms with Crippen molar-refractivity contribution in [3.63, 3.8) is 0 Å². The van der Waals surface area contributed by atoms with Gasteiger partial charge in [0.25, 0.3) is 5.91 Å². The Bertz CT molecular complexity index is 573. The molecule has 19 heavy (non-hydrogen) atoms. The lowest BCUT2D eigenvalue weighted by Gasteiger charge is -2.20. The van der Waals surface area contributed by atoms with Crippen LogP contribution in [-0.4, -0.2) is 28.5 Å². The van der Waals surface area contributed by atoms with Gasteiger partial charge < -0.3 is 10.1 Å². The number of carbonyl (C=O) groups is 2. The van der Waals surface area contributed by atoms with E-state index in [-0.39, 0.29) is 12.5 Å². The van der Waals surface area contributed by atoms with Gasteiger partial charge in [-0.2, -0.15) is 0 Å². The average molecular weight is 258 g/mol. The average Bonchev–Trinajstić information content (AvgIpc) is 2.90. The number of nitrogens with one attached hydrogen (secondary N) is 1. The van der Waals surface area contributed by atoms with Crippen LogP contribution in [0.2, 0.25) is 0 Å². The molecule has 2 aromatic rings. The van der Waals surface area contributed by atoms with Crippen molar-refractivity contribution in [2.45, 2.75) is 6.92 Å². The van der Waals surface area contributed by atoms with Crippen LogP contribution in [0.15, 0.2) is 42.6 Å². The number of carboxylic acid groups (broad SMARTS) is 1. The van der Waals surface area contributed by atoms with Crippen LogP contribution in [0, 0.1) is 6.92 Å². The van der Waals surface area contributed by atoms with Crippen LogP contribution in [0.25, 0.3) is 0 Å². The van der Waals surface area contributed by atoms with Crippen LogP contribution >= 0.6 is 0 Å². The maximum atomic E-state index is 12.3. The topological polar surface area (TPSA) is 73.4 Å². The Labute approximate surface area is 110 Å². The summed E-state index contributed by atoms with van der Waals surface area (Å²) in [6, 6.07) is 10.5. The second-order valence-electron chi connectivity index (χ2n) is 4.20. The summed E-state index contributed by atoms with van der Waals surface area (Å²) < 4.78 is 0. The number of H-pyrrole nitrogens is 1. The molecule has 0 radical (unpaired) electrons. The highest BCUT2D eigenvalue weighted by atomic mass is 16.4. The number of hydrogen-bond acceptors (Lipinski definition) is 2.